The molecular formula is C68H90NO15PSi. The lowest BCUT2D eigenvalue weighted by molar-refractivity contribution is -0.319. The fourth-order valence-corrected chi connectivity index (χ4v) is 11.8. The van der Waals surface area contributed by atoms with Crippen LogP contribution in [0.2, 0.25) is 18.1 Å². The summed E-state index contributed by atoms with van der Waals surface area (Å²) in [7, 11) is -7.83. The molecule has 2 unspecified atom stereocenters. The maximum Gasteiger partial charge on any atom is 0.474 e. The van der Waals surface area contributed by atoms with Crippen LogP contribution in [0.25, 0.3) is 0 Å². The smallest absolute Gasteiger partial charge is 0.433 e. The Morgan fingerprint density at radius 1 is 0.488 bits per heavy atom. The van der Waals surface area contributed by atoms with Gasteiger partial charge in [-0.25, -0.2) is 4.57 Å². The second-order valence-corrected chi connectivity index (χ2v) is 29.0. The summed E-state index contributed by atoms with van der Waals surface area (Å²) in [5.41, 5.74) is 5.19. The summed E-state index contributed by atoms with van der Waals surface area (Å²) in [5.74, 6) is -0.655. The van der Waals surface area contributed by atoms with Crippen molar-refractivity contribution < 1.29 is 70.4 Å². The number of hydrogen-bond acceptors (Lipinski definition) is 15. The van der Waals surface area contributed by atoms with E-state index in [0.29, 0.717) is 0 Å². The normalized spacial score (nSPS) is 23.2. The van der Waals surface area contributed by atoms with Crippen LogP contribution < -0.4 is 0 Å². The van der Waals surface area contributed by atoms with Gasteiger partial charge in [-0.05, 0) is 71.1 Å². The molecule has 0 spiro atoms. The van der Waals surface area contributed by atoms with Crippen LogP contribution in [0.3, 0.4) is 0 Å². The lowest BCUT2D eigenvalue weighted by Crippen LogP contribution is -2.64. The second kappa shape index (κ2) is 34.5. The topological polar surface area (TPSA) is 168 Å². The van der Waals surface area contributed by atoms with Crippen molar-refractivity contribution >= 4 is 22.1 Å². The molecule has 0 radical (unpaired) electrons. The zero-order valence-electron chi connectivity index (χ0n) is 51.4. The van der Waals surface area contributed by atoms with Crippen molar-refractivity contribution in [1.29, 1.82) is 0 Å². The van der Waals surface area contributed by atoms with Crippen LogP contribution in [-0.2, 0) is 105 Å². The number of esters is 1. The van der Waals surface area contributed by atoms with Gasteiger partial charge in [0.25, 0.3) is 0 Å². The molecule has 6 aromatic carbocycles. The molecule has 1 N–H and O–H groups in total. The number of benzene rings is 6. The van der Waals surface area contributed by atoms with Gasteiger partial charge in [0.05, 0.1) is 52.9 Å². The molecule has 11 atom stereocenters. The maximum atomic E-state index is 14.9. The van der Waals surface area contributed by atoms with E-state index in [9.17, 15) is 14.3 Å². The van der Waals surface area contributed by atoms with Crippen molar-refractivity contribution in [3.05, 3.63) is 215 Å². The first kappa shape index (κ1) is 68.2. The van der Waals surface area contributed by atoms with Gasteiger partial charge in [0.15, 0.2) is 14.6 Å². The first-order valence-electron chi connectivity index (χ1n) is 29.9. The Labute approximate surface area is 511 Å². The average molecular weight is 1220 g/mol. The van der Waals surface area contributed by atoms with E-state index in [1.54, 1.807) is 0 Å². The Kier molecular flexibility index (Phi) is 27.3. The molecule has 0 aromatic heterocycles. The van der Waals surface area contributed by atoms with Gasteiger partial charge in [0, 0.05) is 6.92 Å². The summed E-state index contributed by atoms with van der Waals surface area (Å²) in [6.07, 6.45) is -11.1. The number of carbonyl (C=O) groups excluding carboxylic acids is 1. The van der Waals surface area contributed by atoms with Gasteiger partial charge in [-0.2, -0.15) is 0 Å². The van der Waals surface area contributed by atoms with E-state index in [1.807, 2.05) is 182 Å². The number of phosphoric ester groups is 1. The molecule has 8 rings (SSSR count). The second-order valence-electron chi connectivity index (χ2n) is 22.8. The number of ether oxygens (including phenoxy) is 9. The van der Waals surface area contributed by atoms with Crippen LogP contribution in [0.15, 0.2) is 182 Å². The average Bonchev–Trinajstić information content (AvgIpc) is 1.62. The van der Waals surface area contributed by atoms with Gasteiger partial charge >= 0.3 is 13.8 Å². The van der Waals surface area contributed by atoms with E-state index in [-0.39, 0.29) is 51.3 Å². The first-order chi connectivity index (χ1) is 41.5. The molecule has 2 aliphatic rings. The minimum Gasteiger partial charge on any atom is -0.433 e. The highest BCUT2D eigenvalue weighted by atomic mass is 31.2. The summed E-state index contributed by atoms with van der Waals surface area (Å²) in [5, 5.41) is -0.243. The lowest BCUT2D eigenvalue weighted by Gasteiger charge is -2.49. The highest BCUT2D eigenvalue weighted by Crippen LogP contribution is 2.49. The summed E-state index contributed by atoms with van der Waals surface area (Å²) in [6, 6.07) is 57.6. The number of hydrogen-bond donors (Lipinski definition) is 1. The van der Waals surface area contributed by atoms with Crippen molar-refractivity contribution in [2.75, 3.05) is 32.8 Å². The molecule has 0 aliphatic carbocycles. The minimum atomic E-state index is -5.20. The van der Waals surface area contributed by atoms with Crippen molar-refractivity contribution in [2.24, 2.45) is 0 Å². The predicted molar refractivity (Wildman–Crippen MR) is 333 cm³/mol. The third kappa shape index (κ3) is 21.5. The number of phosphoric acid groups is 1. The van der Waals surface area contributed by atoms with Crippen LogP contribution in [0.1, 0.15) is 81.8 Å². The molecule has 466 valence electrons. The van der Waals surface area contributed by atoms with Gasteiger partial charge in [0.2, 0.25) is 6.29 Å². The van der Waals surface area contributed by atoms with E-state index in [1.165, 1.54) is 26.6 Å². The van der Waals surface area contributed by atoms with Crippen molar-refractivity contribution in [2.45, 2.75) is 168 Å². The fourth-order valence-electron chi connectivity index (χ4n) is 9.66. The third-order valence-corrected chi connectivity index (χ3v) is 20.9. The van der Waals surface area contributed by atoms with Gasteiger partial charge in [-0.3, -0.25) is 13.8 Å². The van der Waals surface area contributed by atoms with Crippen LogP contribution in [0.5, 0.6) is 0 Å². The third-order valence-electron chi connectivity index (χ3n) is 15.5. The van der Waals surface area contributed by atoms with E-state index >= 15 is 0 Å². The van der Waals surface area contributed by atoms with Crippen molar-refractivity contribution in [3.63, 3.8) is 0 Å². The van der Waals surface area contributed by atoms with Crippen LogP contribution in [0.4, 0.5) is 0 Å². The van der Waals surface area contributed by atoms with Crippen LogP contribution in [-0.4, -0.2) is 118 Å². The van der Waals surface area contributed by atoms with E-state index in [4.69, 9.17) is 56.1 Å². The lowest BCUT2D eigenvalue weighted by atomic mass is 9.98. The van der Waals surface area contributed by atoms with Gasteiger partial charge in [0.1, 0.15) is 48.8 Å². The summed E-state index contributed by atoms with van der Waals surface area (Å²) in [6.45, 7) is 22.3. The molecule has 2 aliphatic heterocycles. The zero-order valence-corrected chi connectivity index (χ0v) is 53.3. The largest absolute Gasteiger partial charge is 0.474 e. The standard InChI is InChI=1S/C62H75O15PSi.C6H15N/c1-45(63)73-60-58(70-41-50-33-21-11-22-34-50)56(68-39-48-29-17-9-18-30-48)54(67-38-47-27-15-8-16-28-47)53(74-60)44-72-78(64,65)76-61-59(71-42-51-35-23-12-24-36-51)57(69-40-49-31-19-10-20-32-49)55(77-79(5,6)62(2,3)4)52(75-61)43-66-37-46-25-13-7-14-26-46;1-4-7(5-2)6-3/h7-36,52-61H,37-44H2,1-6H3,(H,64,65);4-6H2,1-3H3/t52-,53-,54-,55-,56+,57+,58+,59-,60?,61-;/m1./s1. The molecule has 0 amide bonds. The number of nitrogens with zero attached hydrogens (tertiary/aromatic N) is 1. The summed E-state index contributed by atoms with van der Waals surface area (Å²) < 4.78 is 93.7. The van der Waals surface area contributed by atoms with Gasteiger partial charge in [-0.1, -0.05) is 224 Å². The van der Waals surface area contributed by atoms with E-state index < -0.39 is 90.1 Å². The van der Waals surface area contributed by atoms with Crippen molar-refractivity contribution in [3.8, 4) is 0 Å². The Morgan fingerprint density at radius 3 is 1.17 bits per heavy atom. The molecule has 86 heavy (non-hydrogen) atoms. The Morgan fingerprint density at radius 2 is 0.814 bits per heavy atom. The molecule has 0 bridgehead atoms. The SMILES string of the molecule is CC(=O)OC1O[C@H](COP(=O)(O)O[C@H]2O[C@H](COCc3ccccc3)[C@@H](O[Si](C)(C)C(C)(C)C)[C@H](OCc3ccccc3)[C@H]2OCc2ccccc2)[C@@H](OCc2ccccc2)[C@H](OCc2ccccc2)[C@@H]1OCc1ccccc1.CCN(CC)CC. The van der Waals surface area contributed by atoms with Crippen LogP contribution >= 0.6 is 7.82 Å². The molecular weight excluding hydrogens is 1130 g/mol. The summed E-state index contributed by atoms with van der Waals surface area (Å²) in [4.78, 5) is 27.3. The molecule has 6 aromatic rings. The number of rotatable bonds is 30. The fraction of sp³-hybridized carbons (Fsp3) is 0.456. The molecule has 0 saturated carbocycles. The summed E-state index contributed by atoms with van der Waals surface area (Å²) >= 11 is 0. The predicted octanol–water partition coefficient (Wildman–Crippen LogP) is 13.0. The maximum absolute atomic E-state index is 14.9. The quantitative estimate of drug-likeness (QED) is 0.0257. The molecule has 16 nitrogen and oxygen atoms in total. The highest BCUT2D eigenvalue weighted by Gasteiger charge is 2.55. The highest BCUT2D eigenvalue weighted by molar-refractivity contribution is 7.47. The Balaban J connectivity index is 0.00000142. The molecule has 2 heterocycles. The van der Waals surface area contributed by atoms with Crippen LogP contribution in [0, 0.1) is 0 Å². The number of carbonyl (C=O) groups is 1. The molecule has 2 saturated heterocycles. The van der Waals surface area contributed by atoms with E-state index in [2.05, 4.69) is 59.5 Å². The molecule has 18 heteroatoms. The Hall–Kier alpha value is -5.28. The van der Waals surface area contributed by atoms with Crippen molar-refractivity contribution in [1.82, 2.24) is 4.90 Å². The minimum absolute atomic E-state index is 0.00695. The molecule has 2 fully saturated rings. The van der Waals surface area contributed by atoms with Gasteiger partial charge < -0.3 is 56.9 Å². The van der Waals surface area contributed by atoms with Gasteiger partial charge in [-0.15, -0.1) is 0 Å². The zero-order chi connectivity index (χ0) is 61.4. The Bertz CT molecular complexity index is 2870. The van der Waals surface area contributed by atoms with E-state index in [0.717, 1.165) is 33.4 Å². The monoisotopic (exact) mass is 1220 g/mol. The first-order valence-corrected chi connectivity index (χ1v) is 34.3.